The van der Waals surface area contributed by atoms with Crippen LogP contribution in [0.3, 0.4) is 0 Å². The van der Waals surface area contributed by atoms with E-state index in [2.05, 4.69) is 12.1 Å². The Kier molecular flexibility index (Phi) is 3.55. The van der Waals surface area contributed by atoms with Crippen LogP contribution in [0.1, 0.15) is 12.5 Å². The third kappa shape index (κ3) is 2.89. The van der Waals surface area contributed by atoms with Crippen LogP contribution >= 0.6 is 0 Å². The van der Waals surface area contributed by atoms with Gasteiger partial charge in [-0.05, 0) is 18.9 Å². The molecule has 1 aromatic carbocycles. The molecule has 0 bridgehead atoms. The molecule has 0 heterocycles. The zero-order valence-corrected chi connectivity index (χ0v) is 7.40. The average molecular weight is 161 g/mol. The molecule has 64 valence electrons. The van der Waals surface area contributed by atoms with Gasteiger partial charge in [-0.25, -0.2) is 0 Å². The molecule has 1 rings (SSSR count). The second-order valence-electron chi connectivity index (χ2n) is 2.88. The summed E-state index contributed by atoms with van der Waals surface area (Å²) >= 11 is 0. The van der Waals surface area contributed by atoms with E-state index in [-0.39, 0.29) is 6.04 Å². The highest BCUT2D eigenvalue weighted by Crippen LogP contribution is 2.01. The average Bonchev–Trinajstić information content (AvgIpc) is 2.06. The first-order valence-corrected chi connectivity index (χ1v) is 4.25. The molecule has 0 amide bonds. The molecule has 1 heteroatoms. The summed E-state index contributed by atoms with van der Waals surface area (Å²) < 4.78 is 0. The van der Waals surface area contributed by atoms with Gasteiger partial charge in [0.15, 0.2) is 0 Å². The predicted octanol–water partition coefficient (Wildman–Crippen LogP) is 2.13. The van der Waals surface area contributed by atoms with Crippen LogP contribution in [-0.2, 0) is 6.42 Å². The predicted molar refractivity (Wildman–Crippen MR) is 52.9 cm³/mol. The van der Waals surface area contributed by atoms with E-state index in [0.29, 0.717) is 0 Å². The van der Waals surface area contributed by atoms with Crippen LogP contribution in [0.2, 0.25) is 0 Å². The number of hydrogen-bond acceptors (Lipinski definition) is 1. The lowest BCUT2D eigenvalue weighted by Gasteiger charge is -2.05. The van der Waals surface area contributed by atoms with Crippen molar-refractivity contribution in [2.75, 3.05) is 0 Å². The van der Waals surface area contributed by atoms with Crippen molar-refractivity contribution in [2.45, 2.75) is 19.4 Å². The van der Waals surface area contributed by atoms with Crippen molar-refractivity contribution in [3.63, 3.8) is 0 Å². The van der Waals surface area contributed by atoms with Gasteiger partial charge in [-0.3, -0.25) is 0 Å². The van der Waals surface area contributed by atoms with E-state index in [1.807, 2.05) is 37.3 Å². The molecule has 0 radical (unpaired) electrons. The minimum atomic E-state index is 0.150. The Morgan fingerprint density at radius 2 is 2.00 bits per heavy atom. The number of allylic oxidation sites excluding steroid dienone is 1. The summed E-state index contributed by atoms with van der Waals surface area (Å²) in [6, 6.07) is 10.4. The van der Waals surface area contributed by atoms with Gasteiger partial charge >= 0.3 is 0 Å². The van der Waals surface area contributed by atoms with Crippen LogP contribution in [0.5, 0.6) is 0 Å². The van der Waals surface area contributed by atoms with Crippen molar-refractivity contribution in [1.82, 2.24) is 0 Å². The smallest absolute Gasteiger partial charge is 0.0264 e. The number of nitrogens with two attached hydrogens (primary N) is 1. The summed E-state index contributed by atoms with van der Waals surface area (Å²) in [5.41, 5.74) is 7.12. The number of rotatable bonds is 3. The second kappa shape index (κ2) is 4.73. The van der Waals surface area contributed by atoms with Crippen molar-refractivity contribution in [1.29, 1.82) is 0 Å². The molecule has 0 fully saturated rings. The molecule has 1 nitrogen and oxygen atoms in total. The molecular weight excluding hydrogens is 146 g/mol. The second-order valence-corrected chi connectivity index (χ2v) is 2.88. The van der Waals surface area contributed by atoms with Crippen LogP contribution < -0.4 is 5.73 Å². The van der Waals surface area contributed by atoms with E-state index in [0.717, 1.165) is 6.42 Å². The van der Waals surface area contributed by atoms with Crippen LogP contribution in [0.15, 0.2) is 42.5 Å². The van der Waals surface area contributed by atoms with Gasteiger partial charge in [0.2, 0.25) is 0 Å². The van der Waals surface area contributed by atoms with E-state index < -0.39 is 0 Å². The monoisotopic (exact) mass is 161 g/mol. The molecule has 0 aliphatic carbocycles. The molecule has 0 aromatic heterocycles. The maximum Gasteiger partial charge on any atom is 0.0264 e. The zero-order valence-electron chi connectivity index (χ0n) is 7.40. The molecule has 0 aliphatic heterocycles. The maximum atomic E-state index is 5.83. The van der Waals surface area contributed by atoms with Crippen molar-refractivity contribution < 1.29 is 0 Å². The third-order valence-electron chi connectivity index (χ3n) is 1.75. The molecule has 2 N–H and O–H groups in total. The third-order valence-corrected chi connectivity index (χ3v) is 1.75. The largest absolute Gasteiger partial charge is 0.324 e. The minimum absolute atomic E-state index is 0.150. The quantitative estimate of drug-likeness (QED) is 0.675. The van der Waals surface area contributed by atoms with Crippen LogP contribution in [-0.4, -0.2) is 6.04 Å². The van der Waals surface area contributed by atoms with Gasteiger partial charge in [-0.1, -0.05) is 42.5 Å². The van der Waals surface area contributed by atoms with Crippen molar-refractivity contribution in [3.8, 4) is 0 Å². The van der Waals surface area contributed by atoms with Crippen molar-refractivity contribution in [2.24, 2.45) is 5.73 Å². The standard InChI is InChI=1S/C11H15N/c1-2-6-11(12)9-10-7-4-3-5-8-10/h2-8,11H,9,12H2,1H3/b6-2-. The maximum absolute atomic E-state index is 5.83. The molecule has 0 spiro atoms. The highest BCUT2D eigenvalue weighted by molar-refractivity contribution is 5.17. The van der Waals surface area contributed by atoms with Crippen molar-refractivity contribution in [3.05, 3.63) is 48.0 Å². The summed E-state index contributed by atoms with van der Waals surface area (Å²) in [5.74, 6) is 0. The van der Waals surface area contributed by atoms with Gasteiger partial charge in [0.25, 0.3) is 0 Å². The lowest BCUT2D eigenvalue weighted by molar-refractivity contribution is 0.809. The minimum Gasteiger partial charge on any atom is -0.324 e. The molecule has 1 unspecified atom stereocenters. The van der Waals surface area contributed by atoms with E-state index in [1.165, 1.54) is 5.56 Å². The van der Waals surface area contributed by atoms with Gasteiger partial charge < -0.3 is 5.73 Å². The lowest BCUT2D eigenvalue weighted by atomic mass is 10.1. The highest BCUT2D eigenvalue weighted by atomic mass is 14.6. The van der Waals surface area contributed by atoms with E-state index in [1.54, 1.807) is 0 Å². The first-order chi connectivity index (χ1) is 5.83. The van der Waals surface area contributed by atoms with Crippen LogP contribution in [0, 0.1) is 0 Å². The Balaban J connectivity index is 2.52. The SMILES string of the molecule is C/C=C\C(N)Cc1ccccc1. The molecule has 12 heavy (non-hydrogen) atoms. The fourth-order valence-corrected chi connectivity index (χ4v) is 1.20. The molecular formula is C11H15N. The van der Waals surface area contributed by atoms with Gasteiger partial charge in [0.05, 0.1) is 0 Å². The van der Waals surface area contributed by atoms with E-state index >= 15 is 0 Å². The number of hydrogen-bond donors (Lipinski definition) is 1. The highest BCUT2D eigenvalue weighted by Gasteiger charge is 1.97. The molecule has 1 aromatic rings. The van der Waals surface area contributed by atoms with Gasteiger partial charge in [-0.15, -0.1) is 0 Å². The van der Waals surface area contributed by atoms with Crippen molar-refractivity contribution >= 4 is 0 Å². The molecule has 0 saturated carbocycles. The normalized spacial score (nSPS) is 13.5. The topological polar surface area (TPSA) is 26.0 Å². The Morgan fingerprint density at radius 1 is 1.33 bits per heavy atom. The Bertz CT molecular complexity index is 238. The summed E-state index contributed by atoms with van der Waals surface area (Å²) in [6.07, 6.45) is 4.94. The van der Waals surface area contributed by atoms with Gasteiger partial charge in [0.1, 0.15) is 0 Å². The van der Waals surface area contributed by atoms with Gasteiger partial charge in [0, 0.05) is 6.04 Å². The van der Waals surface area contributed by atoms with Crippen LogP contribution in [0.25, 0.3) is 0 Å². The summed E-state index contributed by atoms with van der Waals surface area (Å²) in [5, 5.41) is 0. The molecule has 1 atom stereocenters. The van der Waals surface area contributed by atoms with Gasteiger partial charge in [-0.2, -0.15) is 0 Å². The van der Waals surface area contributed by atoms with Crippen LogP contribution in [0.4, 0.5) is 0 Å². The Hall–Kier alpha value is -1.08. The number of benzene rings is 1. The summed E-state index contributed by atoms with van der Waals surface area (Å²) in [6.45, 7) is 1.99. The first-order valence-electron chi connectivity index (χ1n) is 4.25. The molecule has 0 saturated heterocycles. The summed E-state index contributed by atoms with van der Waals surface area (Å²) in [7, 11) is 0. The zero-order chi connectivity index (χ0) is 8.81. The summed E-state index contributed by atoms with van der Waals surface area (Å²) in [4.78, 5) is 0. The Labute approximate surface area is 73.9 Å². The van der Waals surface area contributed by atoms with E-state index in [9.17, 15) is 0 Å². The fraction of sp³-hybridized carbons (Fsp3) is 0.273. The molecule has 0 aliphatic rings. The first kappa shape index (κ1) is 9.01. The lowest BCUT2D eigenvalue weighted by Crippen LogP contribution is -2.19. The van der Waals surface area contributed by atoms with E-state index in [4.69, 9.17) is 5.73 Å². The Morgan fingerprint density at radius 3 is 2.58 bits per heavy atom. The fourth-order valence-electron chi connectivity index (χ4n) is 1.20.